The van der Waals surface area contributed by atoms with Crippen molar-refractivity contribution in [1.29, 1.82) is 0 Å². The van der Waals surface area contributed by atoms with Crippen LogP contribution < -0.4 is 0 Å². The van der Waals surface area contributed by atoms with Gasteiger partial charge in [0.05, 0.1) is 42.3 Å². The summed E-state index contributed by atoms with van der Waals surface area (Å²) in [6.07, 6.45) is 0. The van der Waals surface area contributed by atoms with Crippen molar-refractivity contribution in [1.82, 2.24) is 0 Å². The number of aromatic hydroxyl groups is 2. The Bertz CT molecular complexity index is 985. The Hall–Kier alpha value is -2.19. The molecule has 0 aromatic heterocycles. The number of benzene rings is 2. The van der Waals surface area contributed by atoms with Gasteiger partial charge in [0, 0.05) is 6.07 Å². The molecule has 4 N–H and O–H groups in total. The van der Waals surface area contributed by atoms with Crippen molar-refractivity contribution >= 4 is 64.1 Å². The second kappa shape index (κ2) is 7.20. The van der Waals surface area contributed by atoms with E-state index in [1.165, 1.54) is 0 Å². The highest BCUT2D eigenvalue weighted by Crippen LogP contribution is 2.41. The number of hydrogen-bond acceptors (Lipinski definition) is 5. The van der Waals surface area contributed by atoms with E-state index in [4.69, 9.17) is 46.4 Å². The summed E-state index contributed by atoms with van der Waals surface area (Å²) >= 11 is 23.2. The first-order valence-electron chi connectivity index (χ1n) is 6.42. The third-order valence-electron chi connectivity index (χ3n) is 3.29. The summed E-state index contributed by atoms with van der Waals surface area (Å²) in [5.41, 5.74) is -2.97. The minimum absolute atomic E-state index is 0.322. The van der Waals surface area contributed by atoms with Gasteiger partial charge in [-0.2, -0.15) is 0 Å². The number of aromatic carboxylic acids is 2. The highest BCUT2D eigenvalue weighted by molar-refractivity contribution is 6.49. The number of halogens is 4. The van der Waals surface area contributed by atoms with E-state index in [1.54, 1.807) is 0 Å². The lowest BCUT2D eigenvalue weighted by Crippen LogP contribution is -2.15. The van der Waals surface area contributed by atoms with Crippen LogP contribution in [-0.2, 0) is 0 Å². The lowest BCUT2D eigenvalue weighted by molar-refractivity contribution is 0.0679. The number of carbonyl (C=O) groups excluding carboxylic acids is 1. The Morgan fingerprint density at radius 3 is 1.69 bits per heavy atom. The molecule has 11 heteroatoms. The minimum atomic E-state index is -1.71. The molecule has 0 spiro atoms. The highest BCUT2D eigenvalue weighted by Gasteiger charge is 2.33. The zero-order valence-corrected chi connectivity index (χ0v) is 15.2. The summed E-state index contributed by atoms with van der Waals surface area (Å²) < 4.78 is 0. The van der Waals surface area contributed by atoms with Crippen LogP contribution in [0.15, 0.2) is 12.1 Å². The van der Waals surface area contributed by atoms with Gasteiger partial charge in [-0.15, -0.1) is 0 Å². The van der Waals surface area contributed by atoms with Crippen molar-refractivity contribution in [2.45, 2.75) is 0 Å². The lowest BCUT2D eigenvalue weighted by Gasteiger charge is -2.15. The van der Waals surface area contributed by atoms with E-state index in [9.17, 15) is 34.8 Å². The maximum Gasteiger partial charge on any atom is 0.338 e. The van der Waals surface area contributed by atoms with Crippen LogP contribution >= 0.6 is 46.4 Å². The number of ketones is 1. The second-order valence-corrected chi connectivity index (χ2v) is 6.37. The Morgan fingerprint density at radius 1 is 0.692 bits per heavy atom. The normalized spacial score (nSPS) is 10.6. The van der Waals surface area contributed by atoms with Gasteiger partial charge in [-0.25, -0.2) is 9.59 Å². The summed E-state index contributed by atoms with van der Waals surface area (Å²) in [4.78, 5) is 35.7. The van der Waals surface area contributed by atoms with Gasteiger partial charge in [-0.3, -0.25) is 4.79 Å². The van der Waals surface area contributed by atoms with Crippen LogP contribution in [0, 0.1) is 0 Å². The zero-order chi connectivity index (χ0) is 19.9. The van der Waals surface area contributed by atoms with E-state index < -0.39 is 66.5 Å². The van der Waals surface area contributed by atoms with Crippen molar-refractivity contribution < 1.29 is 34.8 Å². The number of carboxylic acid groups (broad SMARTS) is 2. The molecule has 2 aromatic rings. The van der Waals surface area contributed by atoms with Crippen molar-refractivity contribution in [2.75, 3.05) is 0 Å². The number of phenolic OH excluding ortho intramolecular Hbond substituents is 2. The molecule has 0 aliphatic heterocycles. The van der Waals surface area contributed by atoms with Crippen LogP contribution in [0.4, 0.5) is 0 Å². The topological polar surface area (TPSA) is 132 Å². The maximum absolute atomic E-state index is 12.8. The van der Waals surface area contributed by atoms with Crippen molar-refractivity contribution in [3.63, 3.8) is 0 Å². The number of carbonyl (C=O) groups is 3. The summed E-state index contributed by atoms with van der Waals surface area (Å²) in [5, 5.41) is 35.4. The van der Waals surface area contributed by atoms with Crippen LogP contribution in [0.3, 0.4) is 0 Å². The quantitative estimate of drug-likeness (QED) is 0.411. The average molecular weight is 440 g/mol. The summed E-state index contributed by atoms with van der Waals surface area (Å²) in [7, 11) is 0. The molecule has 0 amide bonds. The van der Waals surface area contributed by atoms with Crippen LogP contribution in [-0.4, -0.2) is 38.1 Å². The molecule has 0 heterocycles. The Labute approximate surface area is 164 Å². The number of hydrogen-bond donors (Lipinski definition) is 4. The number of rotatable bonds is 4. The van der Waals surface area contributed by atoms with Crippen LogP contribution in [0.5, 0.6) is 11.5 Å². The largest absolute Gasteiger partial charge is 0.507 e. The van der Waals surface area contributed by atoms with E-state index in [-0.39, 0.29) is 5.02 Å². The van der Waals surface area contributed by atoms with Crippen molar-refractivity contribution in [3.8, 4) is 11.5 Å². The molecule has 2 aromatic carbocycles. The number of carboxylic acids is 2. The van der Waals surface area contributed by atoms with Gasteiger partial charge in [0.2, 0.25) is 0 Å². The van der Waals surface area contributed by atoms with E-state index in [0.717, 1.165) is 12.1 Å². The molecule has 0 saturated heterocycles. The fourth-order valence-corrected chi connectivity index (χ4v) is 3.24. The summed E-state index contributed by atoms with van der Waals surface area (Å²) in [6.45, 7) is 0. The molecule has 0 radical (unpaired) electrons. The van der Waals surface area contributed by atoms with Crippen molar-refractivity contribution in [2.24, 2.45) is 0 Å². The molecule has 0 bridgehead atoms. The van der Waals surface area contributed by atoms with Crippen molar-refractivity contribution in [3.05, 3.63) is 54.5 Å². The number of phenols is 2. The first kappa shape index (κ1) is 20.1. The Morgan fingerprint density at radius 2 is 1.19 bits per heavy atom. The van der Waals surface area contributed by atoms with Gasteiger partial charge in [-0.05, 0) is 6.07 Å². The molecule has 0 unspecified atom stereocenters. The summed E-state index contributed by atoms with van der Waals surface area (Å²) in [5.74, 6) is -5.82. The fourth-order valence-electron chi connectivity index (χ4n) is 2.13. The Kier molecular flexibility index (Phi) is 5.58. The monoisotopic (exact) mass is 438 g/mol. The molecule has 0 fully saturated rings. The molecule has 136 valence electrons. The highest BCUT2D eigenvalue weighted by atomic mass is 35.5. The van der Waals surface area contributed by atoms with E-state index in [0.29, 0.717) is 0 Å². The molecule has 26 heavy (non-hydrogen) atoms. The van der Waals surface area contributed by atoms with Gasteiger partial charge in [-0.1, -0.05) is 46.4 Å². The molecule has 0 saturated carbocycles. The zero-order valence-electron chi connectivity index (χ0n) is 12.2. The lowest BCUT2D eigenvalue weighted by atomic mass is 9.95. The first-order valence-corrected chi connectivity index (χ1v) is 7.93. The fraction of sp³-hybridized carbons (Fsp3) is 0. The van der Waals surface area contributed by atoms with Crippen LogP contribution in [0.1, 0.15) is 36.6 Å². The molecule has 0 aliphatic rings. The van der Waals surface area contributed by atoms with Crippen LogP contribution in [0.25, 0.3) is 0 Å². The smallest absolute Gasteiger partial charge is 0.338 e. The van der Waals surface area contributed by atoms with Gasteiger partial charge >= 0.3 is 11.9 Å². The van der Waals surface area contributed by atoms with E-state index in [1.807, 2.05) is 0 Å². The molecule has 0 atom stereocenters. The molecule has 2 rings (SSSR count). The molecule has 0 aliphatic carbocycles. The predicted octanol–water partition coefficient (Wildman–Crippen LogP) is 4.34. The van der Waals surface area contributed by atoms with E-state index >= 15 is 0 Å². The minimum Gasteiger partial charge on any atom is -0.507 e. The van der Waals surface area contributed by atoms with Crippen LogP contribution in [0.2, 0.25) is 20.1 Å². The third kappa shape index (κ3) is 3.26. The SMILES string of the molecule is O=C(O)c1c(Cl)c(Cl)c(C(=O)O)c(C(=O)c2cc(Cl)c(O)cc2O)c1Cl. The van der Waals surface area contributed by atoms with Gasteiger partial charge in [0.25, 0.3) is 0 Å². The predicted molar refractivity (Wildman–Crippen MR) is 93.6 cm³/mol. The van der Waals surface area contributed by atoms with Gasteiger partial charge in [0.1, 0.15) is 11.5 Å². The molecular formula is C15H6Cl4O7. The second-order valence-electron chi connectivity index (χ2n) is 4.83. The maximum atomic E-state index is 12.8. The third-order valence-corrected chi connectivity index (χ3v) is 4.82. The average Bonchev–Trinajstić information content (AvgIpc) is 2.52. The molecular weight excluding hydrogens is 434 g/mol. The van der Waals surface area contributed by atoms with Gasteiger partial charge < -0.3 is 20.4 Å². The Balaban J connectivity index is 2.92. The first-order chi connectivity index (χ1) is 12.0. The van der Waals surface area contributed by atoms with E-state index in [2.05, 4.69) is 0 Å². The molecule has 7 nitrogen and oxygen atoms in total. The standard InChI is InChI=1S/C15H6Cl4O7/c16-4-1-3(5(20)2-6(4)21)13(22)7-8(14(23)24)11(18)12(19)9(10(7)17)15(25)26/h1-2,20-21H,(H,23,24)(H,25,26). The van der Waals surface area contributed by atoms with Gasteiger partial charge in [0.15, 0.2) is 5.78 Å². The summed E-state index contributed by atoms with van der Waals surface area (Å²) in [6, 6.07) is 1.61.